The predicted molar refractivity (Wildman–Crippen MR) is 121 cm³/mol. The van der Waals surface area contributed by atoms with Crippen LogP contribution in [0.3, 0.4) is 0 Å². The first-order valence-corrected chi connectivity index (χ1v) is 10.5. The summed E-state index contributed by atoms with van der Waals surface area (Å²) in [4.78, 5) is 12.2. The van der Waals surface area contributed by atoms with Crippen LogP contribution < -0.4 is 15.4 Å². The highest BCUT2D eigenvalue weighted by Crippen LogP contribution is 2.21. The van der Waals surface area contributed by atoms with E-state index in [0.717, 1.165) is 30.0 Å². The van der Waals surface area contributed by atoms with Gasteiger partial charge in [-0.25, -0.2) is 0 Å². The molecule has 8 heteroatoms. The smallest absolute Gasteiger partial charge is 0.221 e. The molecule has 0 saturated heterocycles. The molecule has 0 fully saturated rings. The topological polar surface area (TPSA) is 84.0 Å². The third kappa shape index (κ3) is 6.18. The van der Waals surface area contributed by atoms with Crippen LogP contribution in [0.15, 0.2) is 54.6 Å². The Kier molecular flexibility index (Phi) is 8.02. The van der Waals surface area contributed by atoms with Crippen LogP contribution in [0.1, 0.15) is 19.8 Å². The fourth-order valence-corrected chi connectivity index (χ4v) is 3.24. The number of rotatable bonds is 11. The van der Waals surface area contributed by atoms with Gasteiger partial charge in [-0.05, 0) is 62.0 Å². The molecule has 0 spiro atoms. The number of nitrogens with zero attached hydrogens (tertiary/aromatic N) is 2. The molecular formula is C22H27N5O2S. The molecule has 0 radical (unpaired) electrons. The molecule has 0 aliphatic carbocycles. The second kappa shape index (κ2) is 11.2. The van der Waals surface area contributed by atoms with Gasteiger partial charge in [0.1, 0.15) is 5.75 Å². The molecule has 2 aromatic carbocycles. The molecule has 0 unspecified atom stereocenters. The van der Waals surface area contributed by atoms with Crippen LogP contribution in [0.2, 0.25) is 0 Å². The van der Waals surface area contributed by atoms with E-state index in [2.05, 4.69) is 20.8 Å². The Balaban J connectivity index is 1.45. The van der Waals surface area contributed by atoms with Gasteiger partial charge in [-0.1, -0.05) is 18.2 Å². The predicted octanol–water partition coefficient (Wildman–Crippen LogP) is 4.01. The van der Waals surface area contributed by atoms with E-state index in [4.69, 9.17) is 17.0 Å². The number of ether oxygens (including phenoxy) is 1. The number of anilines is 1. The van der Waals surface area contributed by atoms with E-state index in [1.54, 1.807) is 0 Å². The highest BCUT2D eigenvalue weighted by molar-refractivity contribution is 7.71. The van der Waals surface area contributed by atoms with E-state index in [1.165, 1.54) is 0 Å². The van der Waals surface area contributed by atoms with Crippen molar-refractivity contribution in [2.75, 3.05) is 25.0 Å². The summed E-state index contributed by atoms with van der Waals surface area (Å²) >= 11 is 5.34. The van der Waals surface area contributed by atoms with E-state index in [9.17, 15) is 4.79 Å². The Bertz CT molecular complexity index is 983. The molecule has 0 atom stereocenters. The van der Waals surface area contributed by atoms with Crippen molar-refractivity contribution in [3.63, 3.8) is 0 Å². The molecule has 3 rings (SSSR count). The number of hydrogen-bond donors (Lipinski definition) is 3. The van der Waals surface area contributed by atoms with Gasteiger partial charge >= 0.3 is 0 Å². The van der Waals surface area contributed by atoms with Crippen molar-refractivity contribution in [1.82, 2.24) is 20.1 Å². The van der Waals surface area contributed by atoms with E-state index in [1.807, 2.05) is 66.1 Å². The number of H-pyrrole nitrogens is 1. The van der Waals surface area contributed by atoms with Crippen molar-refractivity contribution < 1.29 is 9.53 Å². The van der Waals surface area contributed by atoms with Gasteiger partial charge in [0.05, 0.1) is 6.61 Å². The quantitative estimate of drug-likeness (QED) is 0.319. The van der Waals surface area contributed by atoms with Crippen LogP contribution in [0, 0.1) is 4.77 Å². The number of amides is 1. The molecular weight excluding hydrogens is 398 g/mol. The van der Waals surface area contributed by atoms with Crippen molar-refractivity contribution in [2.24, 2.45) is 0 Å². The third-order valence-corrected chi connectivity index (χ3v) is 4.83. The summed E-state index contributed by atoms with van der Waals surface area (Å²) in [6.07, 6.45) is 1.19. The minimum absolute atomic E-state index is 0.00421. The van der Waals surface area contributed by atoms with Crippen molar-refractivity contribution in [3.05, 3.63) is 59.4 Å². The van der Waals surface area contributed by atoms with Crippen LogP contribution >= 0.6 is 12.2 Å². The first-order valence-electron chi connectivity index (χ1n) is 10.1. The number of aromatic nitrogens is 3. The molecule has 0 aliphatic heterocycles. The second-order valence-electron chi connectivity index (χ2n) is 6.71. The Hall–Kier alpha value is -3.13. The highest BCUT2D eigenvalue weighted by Gasteiger charge is 2.11. The van der Waals surface area contributed by atoms with Crippen LogP contribution in [-0.2, 0) is 11.3 Å². The molecule has 0 aliphatic rings. The van der Waals surface area contributed by atoms with Crippen molar-refractivity contribution in [2.45, 2.75) is 26.3 Å². The van der Waals surface area contributed by atoms with Gasteiger partial charge in [-0.2, -0.15) is 5.10 Å². The lowest BCUT2D eigenvalue weighted by atomic mass is 10.2. The van der Waals surface area contributed by atoms with Crippen LogP contribution in [0.4, 0.5) is 5.69 Å². The Morgan fingerprint density at radius 2 is 1.90 bits per heavy atom. The standard InChI is InChI=1S/C22H27N5O2S/c1-2-29-19-11-9-17(10-12-19)21-25-26-22(30)27(21)16-13-20(28)24-15-6-14-23-18-7-4-3-5-8-18/h3-5,7-12,23H,2,6,13-16H2,1H3,(H,24,28)(H,26,30). The summed E-state index contributed by atoms with van der Waals surface area (Å²) in [7, 11) is 0. The van der Waals surface area contributed by atoms with Gasteiger partial charge in [-0.15, -0.1) is 0 Å². The van der Waals surface area contributed by atoms with Gasteiger partial charge in [-0.3, -0.25) is 14.5 Å². The maximum absolute atomic E-state index is 12.2. The third-order valence-electron chi connectivity index (χ3n) is 4.52. The fourth-order valence-electron chi connectivity index (χ4n) is 3.02. The first-order chi connectivity index (χ1) is 14.7. The fraction of sp³-hybridized carbons (Fsp3) is 0.318. The average Bonchev–Trinajstić information content (AvgIpc) is 3.14. The summed E-state index contributed by atoms with van der Waals surface area (Å²) in [6.45, 7) is 4.46. The number of para-hydroxylation sites is 1. The van der Waals surface area contributed by atoms with Gasteiger partial charge in [0.25, 0.3) is 0 Å². The SMILES string of the molecule is CCOc1ccc(-c2n[nH]c(=S)n2CCC(=O)NCCCNc2ccccc2)cc1. The van der Waals surface area contributed by atoms with Gasteiger partial charge in [0.2, 0.25) is 5.91 Å². The number of hydrogen-bond acceptors (Lipinski definition) is 5. The maximum Gasteiger partial charge on any atom is 0.221 e. The molecule has 1 amide bonds. The lowest BCUT2D eigenvalue weighted by Crippen LogP contribution is -2.26. The van der Waals surface area contributed by atoms with E-state index < -0.39 is 0 Å². The van der Waals surface area contributed by atoms with Gasteiger partial charge in [0.15, 0.2) is 10.6 Å². The average molecular weight is 426 g/mol. The summed E-state index contributed by atoms with van der Waals surface area (Å²) in [5, 5.41) is 13.4. The maximum atomic E-state index is 12.2. The summed E-state index contributed by atoms with van der Waals surface area (Å²) in [5.41, 5.74) is 2.00. The first kappa shape index (κ1) is 21.6. The monoisotopic (exact) mass is 425 g/mol. The number of benzene rings is 2. The van der Waals surface area contributed by atoms with Crippen LogP contribution in [0.5, 0.6) is 5.75 Å². The van der Waals surface area contributed by atoms with Gasteiger partial charge < -0.3 is 15.4 Å². The zero-order valence-corrected chi connectivity index (χ0v) is 17.9. The summed E-state index contributed by atoms with van der Waals surface area (Å²) < 4.78 is 7.83. The molecule has 0 saturated carbocycles. The molecule has 3 N–H and O–H groups in total. The molecule has 158 valence electrons. The van der Waals surface area contributed by atoms with Crippen LogP contribution in [0.25, 0.3) is 11.4 Å². The Labute approximate surface area is 181 Å². The van der Waals surface area contributed by atoms with Crippen molar-refractivity contribution >= 4 is 23.8 Å². The minimum atomic E-state index is -0.00421. The molecule has 1 aromatic heterocycles. The second-order valence-corrected chi connectivity index (χ2v) is 7.09. The lowest BCUT2D eigenvalue weighted by Gasteiger charge is -2.09. The number of nitrogens with one attached hydrogen (secondary N) is 3. The van der Waals surface area contributed by atoms with Crippen molar-refractivity contribution in [1.29, 1.82) is 0 Å². The molecule has 30 heavy (non-hydrogen) atoms. The minimum Gasteiger partial charge on any atom is -0.494 e. The number of carbonyl (C=O) groups is 1. The lowest BCUT2D eigenvalue weighted by molar-refractivity contribution is -0.121. The Morgan fingerprint density at radius 3 is 2.63 bits per heavy atom. The zero-order valence-electron chi connectivity index (χ0n) is 17.1. The summed E-state index contributed by atoms with van der Waals surface area (Å²) in [6, 6.07) is 17.7. The molecule has 1 heterocycles. The molecule has 7 nitrogen and oxygen atoms in total. The largest absolute Gasteiger partial charge is 0.494 e. The number of carbonyl (C=O) groups excluding carboxylic acids is 1. The summed E-state index contributed by atoms with van der Waals surface area (Å²) in [5.74, 6) is 1.52. The van der Waals surface area contributed by atoms with E-state index in [-0.39, 0.29) is 5.91 Å². The van der Waals surface area contributed by atoms with Crippen molar-refractivity contribution in [3.8, 4) is 17.1 Å². The number of aromatic amines is 1. The van der Waals surface area contributed by atoms with Crippen LogP contribution in [-0.4, -0.2) is 40.4 Å². The Morgan fingerprint density at radius 1 is 1.13 bits per heavy atom. The van der Waals surface area contributed by atoms with Gasteiger partial charge in [0, 0.05) is 37.3 Å². The zero-order chi connectivity index (χ0) is 21.2. The highest BCUT2D eigenvalue weighted by atomic mass is 32.1. The van der Waals surface area contributed by atoms with E-state index in [0.29, 0.717) is 36.7 Å². The van der Waals surface area contributed by atoms with E-state index >= 15 is 0 Å². The normalized spacial score (nSPS) is 10.6. The molecule has 0 bridgehead atoms. The molecule has 3 aromatic rings.